The number of aryl methyl sites for hydroxylation is 1. The van der Waals surface area contributed by atoms with Crippen LogP contribution >= 0.6 is 0 Å². The van der Waals surface area contributed by atoms with Crippen LogP contribution in [0.3, 0.4) is 0 Å². The molecule has 7 nitrogen and oxygen atoms in total. The number of benzene rings is 5. The maximum atomic E-state index is 6.49. The third-order valence-electron chi connectivity index (χ3n) is 8.85. The summed E-state index contributed by atoms with van der Waals surface area (Å²) in [5.74, 6) is 3.24. The van der Waals surface area contributed by atoms with E-state index in [1.54, 1.807) is 0 Å². The number of oxazole rings is 1. The van der Waals surface area contributed by atoms with Crippen molar-refractivity contribution in [1.82, 2.24) is 19.9 Å². The molecule has 1 aliphatic carbocycles. The lowest BCUT2D eigenvalue weighted by molar-refractivity contribution is 0.595. The number of rotatable bonds is 4. The van der Waals surface area contributed by atoms with E-state index in [1.165, 1.54) is 5.56 Å². The Labute approximate surface area is 267 Å². The van der Waals surface area contributed by atoms with E-state index in [0.29, 0.717) is 34.5 Å². The molecule has 5 aromatic carbocycles. The third kappa shape index (κ3) is 4.13. The van der Waals surface area contributed by atoms with Crippen molar-refractivity contribution in [2.75, 3.05) is 0 Å². The number of aromatic nitrogens is 4. The third-order valence-corrected chi connectivity index (χ3v) is 8.85. The first-order valence-corrected chi connectivity index (χ1v) is 15.6. The Morgan fingerprint density at radius 3 is 1.94 bits per heavy atom. The quantitative estimate of drug-likeness (QED) is 0.196. The predicted molar refractivity (Wildman–Crippen MR) is 184 cm³/mol. The summed E-state index contributed by atoms with van der Waals surface area (Å²) in [6.07, 6.45) is 6.12. The van der Waals surface area contributed by atoms with Crippen molar-refractivity contribution in [3.8, 4) is 45.6 Å². The van der Waals surface area contributed by atoms with Crippen molar-refractivity contribution in [2.45, 2.75) is 12.8 Å². The summed E-state index contributed by atoms with van der Waals surface area (Å²) in [7, 11) is 0. The van der Waals surface area contributed by atoms with Crippen molar-refractivity contribution in [3.05, 3.63) is 127 Å². The van der Waals surface area contributed by atoms with Gasteiger partial charge in [-0.2, -0.15) is 0 Å². The zero-order chi connectivity index (χ0) is 30.9. The van der Waals surface area contributed by atoms with Crippen LogP contribution in [0.25, 0.3) is 95.7 Å². The summed E-state index contributed by atoms with van der Waals surface area (Å²) >= 11 is 0. The Morgan fingerprint density at radius 1 is 0.511 bits per heavy atom. The molecule has 7 heteroatoms. The summed E-state index contributed by atoms with van der Waals surface area (Å²) in [5.41, 5.74) is 8.48. The first kappa shape index (κ1) is 25.9. The van der Waals surface area contributed by atoms with Gasteiger partial charge in [-0.3, -0.25) is 0 Å². The van der Waals surface area contributed by atoms with Crippen LogP contribution in [-0.2, 0) is 6.42 Å². The average molecular weight is 609 g/mol. The number of hydrogen-bond donors (Lipinski definition) is 0. The minimum atomic E-state index is 0.554. The molecule has 0 aliphatic heterocycles. The molecule has 0 N–H and O–H groups in total. The van der Waals surface area contributed by atoms with Gasteiger partial charge >= 0.3 is 0 Å². The van der Waals surface area contributed by atoms with E-state index in [9.17, 15) is 0 Å². The lowest BCUT2D eigenvalue weighted by Gasteiger charge is -2.09. The highest BCUT2D eigenvalue weighted by Crippen LogP contribution is 2.41. The fourth-order valence-electron chi connectivity index (χ4n) is 6.69. The minimum Gasteiger partial charge on any atom is -0.456 e. The second kappa shape index (κ2) is 10.1. The summed E-state index contributed by atoms with van der Waals surface area (Å²) in [4.78, 5) is 19.8. The molecular formula is C40H24N4O3. The molecule has 10 rings (SSSR count). The maximum absolute atomic E-state index is 6.49. The lowest BCUT2D eigenvalue weighted by atomic mass is 9.98. The van der Waals surface area contributed by atoms with Crippen molar-refractivity contribution in [1.29, 1.82) is 0 Å². The van der Waals surface area contributed by atoms with Gasteiger partial charge in [-0.25, -0.2) is 19.9 Å². The number of fused-ring (bicyclic) bond motifs is 7. The summed E-state index contributed by atoms with van der Waals surface area (Å²) in [5, 5.41) is 2.87. The zero-order valence-electron chi connectivity index (χ0n) is 25.0. The topological polar surface area (TPSA) is 91.0 Å². The van der Waals surface area contributed by atoms with Gasteiger partial charge in [0, 0.05) is 50.0 Å². The maximum Gasteiger partial charge on any atom is 0.228 e. The fraction of sp³-hybridized carbons (Fsp3) is 0.0500. The lowest BCUT2D eigenvalue weighted by Crippen LogP contribution is -2.00. The van der Waals surface area contributed by atoms with E-state index in [0.717, 1.165) is 73.7 Å². The van der Waals surface area contributed by atoms with Crippen LogP contribution in [-0.4, -0.2) is 19.9 Å². The highest BCUT2D eigenvalue weighted by molar-refractivity contribution is 6.14. The predicted octanol–water partition coefficient (Wildman–Crippen LogP) is 10.3. The van der Waals surface area contributed by atoms with Gasteiger partial charge in [0.1, 0.15) is 28.0 Å². The van der Waals surface area contributed by atoms with Gasteiger partial charge in [-0.05, 0) is 43.2 Å². The Kier molecular flexibility index (Phi) is 5.57. The van der Waals surface area contributed by atoms with Gasteiger partial charge in [-0.15, -0.1) is 0 Å². The van der Waals surface area contributed by atoms with Crippen LogP contribution < -0.4 is 0 Å². The van der Waals surface area contributed by atoms with Crippen LogP contribution in [0.5, 0.6) is 0 Å². The molecular weight excluding hydrogens is 584 g/mol. The molecule has 0 radical (unpaired) electrons. The molecule has 222 valence electrons. The van der Waals surface area contributed by atoms with E-state index in [2.05, 4.69) is 12.2 Å². The molecule has 9 aromatic rings. The van der Waals surface area contributed by atoms with E-state index >= 15 is 0 Å². The molecule has 0 fully saturated rings. The Balaban J connectivity index is 1.17. The summed E-state index contributed by atoms with van der Waals surface area (Å²) < 4.78 is 19.1. The van der Waals surface area contributed by atoms with E-state index in [1.807, 2.05) is 109 Å². The molecule has 0 unspecified atom stereocenters. The second-order valence-corrected chi connectivity index (χ2v) is 11.7. The highest BCUT2D eigenvalue weighted by Gasteiger charge is 2.23. The molecule has 47 heavy (non-hydrogen) atoms. The van der Waals surface area contributed by atoms with Crippen LogP contribution in [0.15, 0.2) is 129 Å². The largest absolute Gasteiger partial charge is 0.456 e. The van der Waals surface area contributed by atoms with Gasteiger partial charge in [-0.1, -0.05) is 84.9 Å². The Morgan fingerprint density at radius 2 is 1.19 bits per heavy atom. The zero-order valence-corrected chi connectivity index (χ0v) is 25.0. The first-order chi connectivity index (χ1) is 23.3. The monoisotopic (exact) mass is 608 g/mol. The van der Waals surface area contributed by atoms with Crippen LogP contribution in [0, 0.1) is 0 Å². The molecule has 0 amide bonds. The van der Waals surface area contributed by atoms with E-state index < -0.39 is 0 Å². The van der Waals surface area contributed by atoms with Gasteiger partial charge < -0.3 is 13.3 Å². The molecule has 0 saturated heterocycles. The molecule has 0 atom stereocenters. The number of furan rings is 2. The molecule has 0 spiro atoms. The first-order valence-electron chi connectivity index (χ1n) is 15.6. The summed E-state index contributed by atoms with van der Waals surface area (Å²) in [6, 6.07) is 35.9. The Hall–Kier alpha value is -6.34. The van der Waals surface area contributed by atoms with Gasteiger partial charge in [0.15, 0.2) is 23.1 Å². The fourth-order valence-corrected chi connectivity index (χ4v) is 6.69. The number of nitrogens with zero attached hydrogens (tertiary/aromatic N) is 4. The molecule has 0 bridgehead atoms. The van der Waals surface area contributed by atoms with Crippen molar-refractivity contribution < 1.29 is 13.3 Å². The Bertz CT molecular complexity index is 2630. The molecule has 1 aliphatic rings. The number of hydrogen-bond acceptors (Lipinski definition) is 7. The average Bonchev–Trinajstić information content (AvgIpc) is 3.83. The smallest absolute Gasteiger partial charge is 0.228 e. The van der Waals surface area contributed by atoms with Gasteiger partial charge in [0.05, 0.1) is 0 Å². The van der Waals surface area contributed by atoms with Crippen LogP contribution in [0.2, 0.25) is 0 Å². The van der Waals surface area contributed by atoms with Crippen molar-refractivity contribution in [2.24, 2.45) is 0 Å². The van der Waals surface area contributed by atoms with E-state index in [4.69, 9.17) is 33.2 Å². The second-order valence-electron chi connectivity index (χ2n) is 11.7. The van der Waals surface area contributed by atoms with Crippen molar-refractivity contribution in [3.63, 3.8) is 0 Å². The molecule has 4 aromatic heterocycles. The molecule has 4 heterocycles. The molecule has 0 saturated carbocycles. The van der Waals surface area contributed by atoms with Crippen LogP contribution in [0.4, 0.5) is 0 Å². The van der Waals surface area contributed by atoms with Crippen LogP contribution in [0.1, 0.15) is 17.7 Å². The standard InChI is InChI=1S/C40H24N4O3/c1-3-11-23(12-4-1)37-42-38(24-13-5-2-6-14-24)44-39(43-37)26-16-9-19-32-36(26)28-21-34-29(22-33(28)46-32)41-40(47-34)27-17-10-20-31-35(27)25-15-7-8-18-30(25)45-31/h1-6,8-14,16-22H,7,15H2. The normalized spacial score (nSPS) is 12.9. The van der Waals surface area contributed by atoms with Crippen molar-refractivity contribution >= 4 is 50.1 Å². The minimum absolute atomic E-state index is 0.554. The van der Waals surface area contributed by atoms with Gasteiger partial charge in [0.2, 0.25) is 5.89 Å². The SMILES string of the molecule is C1=Cc2oc3cccc(-c4nc5cc6oc7cccc(-c8nc(-c9ccccc9)nc(-c9ccccc9)n8)c7c6cc5o4)c3c2CC1. The number of allylic oxidation sites excluding steroid dienone is 1. The van der Waals surface area contributed by atoms with Gasteiger partial charge in [0.25, 0.3) is 0 Å². The summed E-state index contributed by atoms with van der Waals surface area (Å²) in [6.45, 7) is 0. The van der Waals surface area contributed by atoms with E-state index in [-0.39, 0.29) is 0 Å². The highest BCUT2D eigenvalue weighted by atomic mass is 16.4.